The lowest BCUT2D eigenvalue weighted by Gasteiger charge is -2.49. The SMILES string of the molecule is CC(C)CC(=O)OC(OC(=O)C1=C(CSc2nnnn2CCN(C)C)CS[C@@H]2[C@H](NC(=O)Cc3csc(N)n3)C(=O)N12)C(C)C.Cl.Cl. The number of tetrazole rings is 1. The average molecular weight is 755 g/mol. The van der Waals surface area contributed by atoms with Crippen LogP contribution in [0.1, 0.15) is 39.8 Å². The molecule has 1 saturated heterocycles. The Morgan fingerprint density at radius 3 is 2.53 bits per heavy atom. The van der Waals surface area contributed by atoms with Crippen LogP contribution in [0.5, 0.6) is 0 Å². The Bertz CT molecular complexity index is 1440. The van der Waals surface area contributed by atoms with Crippen molar-refractivity contribution in [3.63, 3.8) is 0 Å². The summed E-state index contributed by atoms with van der Waals surface area (Å²) in [5.74, 6) is -1.66. The van der Waals surface area contributed by atoms with Gasteiger partial charge in [0.1, 0.15) is 17.1 Å². The fourth-order valence-electron chi connectivity index (χ4n) is 4.43. The summed E-state index contributed by atoms with van der Waals surface area (Å²) in [5.41, 5.74) is 6.90. The Balaban J connectivity index is 0.00000384. The van der Waals surface area contributed by atoms with Gasteiger partial charge >= 0.3 is 11.9 Å². The van der Waals surface area contributed by atoms with Crippen LogP contribution in [-0.4, -0.2) is 109 Å². The van der Waals surface area contributed by atoms with Gasteiger partial charge in [0.25, 0.3) is 5.91 Å². The van der Waals surface area contributed by atoms with Crippen molar-refractivity contribution in [2.24, 2.45) is 11.8 Å². The van der Waals surface area contributed by atoms with E-state index in [-0.39, 0.29) is 61.1 Å². The summed E-state index contributed by atoms with van der Waals surface area (Å²) in [7, 11) is 3.91. The Kier molecular flexibility index (Phi) is 15.7. The Labute approximate surface area is 298 Å². The maximum absolute atomic E-state index is 13.8. The summed E-state index contributed by atoms with van der Waals surface area (Å²) in [6.45, 7) is 8.63. The fourth-order valence-corrected chi connectivity index (χ4v) is 7.38. The zero-order valence-electron chi connectivity index (χ0n) is 26.9. The molecule has 1 fully saturated rings. The van der Waals surface area contributed by atoms with E-state index in [1.165, 1.54) is 39.8 Å². The minimum atomic E-state index is -1.14. The Hall–Kier alpha value is -2.64. The summed E-state index contributed by atoms with van der Waals surface area (Å²) < 4.78 is 12.9. The number of carbonyl (C=O) groups is 4. The summed E-state index contributed by atoms with van der Waals surface area (Å²) in [4.78, 5) is 59.9. The molecule has 20 heteroatoms. The molecule has 2 aromatic rings. The van der Waals surface area contributed by atoms with Crippen LogP contribution in [0.25, 0.3) is 0 Å². The molecule has 0 aromatic carbocycles. The normalized spacial score (nSPS) is 17.9. The van der Waals surface area contributed by atoms with Crippen molar-refractivity contribution in [2.75, 3.05) is 37.9 Å². The van der Waals surface area contributed by atoms with Crippen LogP contribution in [0.15, 0.2) is 21.8 Å². The van der Waals surface area contributed by atoms with E-state index in [9.17, 15) is 19.2 Å². The Morgan fingerprint density at radius 2 is 1.91 bits per heavy atom. The number of aromatic nitrogens is 5. The van der Waals surface area contributed by atoms with E-state index in [0.717, 1.165) is 6.54 Å². The highest BCUT2D eigenvalue weighted by Crippen LogP contribution is 2.42. The van der Waals surface area contributed by atoms with Crippen LogP contribution >= 0.6 is 59.7 Å². The van der Waals surface area contributed by atoms with Crippen LogP contribution in [0, 0.1) is 11.8 Å². The van der Waals surface area contributed by atoms with Gasteiger partial charge in [-0.1, -0.05) is 39.5 Å². The molecule has 0 spiro atoms. The van der Waals surface area contributed by atoms with E-state index < -0.39 is 35.6 Å². The summed E-state index contributed by atoms with van der Waals surface area (Å²) in [5, 5.41) is 16.8. The number of rotatable bonds is 15. The van der Waals surface area contributed by atoms with Gasteiger partial charge < -0.3 is 25.4 Å². The zero-order valence-corrected chi connectivity index (χ0v) is 31.0. The van der Waals surface area contributed by atoms with E-state index >= 15 is 0 Å². The van der Waals surface area contributed by atoms with Crippen LogP contribution in [0.2, 0.25) is 0 Å². The highest BCUT2D eigenvalue weighted by Gasteiger charge is 2.54. The van der Waals surface area contributed by atoms with Crippen LogP contribution in [0.4, 0.5) is 5.13 Å². The minimum Gasteiger partial charge on any atom is -0.425 e. The predicted octanol–water partition coefficient (Wildman–Crippen LogP) is 2.22. The van der Waals surface area contributed by atoms with Crippen LogP contribution < -0.4 is 11.1 Å². The summed E-state index contributed by atoms with van der Waals surface area (Å²) in [6, 6.07) is -0.835. The quantitative estimate of drug-likeness (QED) is 0.117. The number of thiazole rings is 1. The number of nitrogens with two attached hydrogens (primary N) is 1. The molecular weight excluding hydrogens is 713 g/mol. The van der Waals surface area contributed by atoms with Crippen molar-refractivity contribution in [3.05, 3.63) is 22.3 Å². The highest BCUT2D eigenvalue weighted by molar-refractivity contribution is 8.01. The van der Waals surface area contributed by atoms with E-state index in [2.05, 4.69) is 25.8 Å². The first kappa shape index (κ1) is 40.5. The minimum absolute atomic E-state index is 0. The van der Waals surface area contributed by atoms with Gasteiger partial charge in [-0.3, -0.25) is 19.3 Å². The largest absolute Gasteiger partial charge is 0.425 e. The number of anilines is 1. The van der Waals surface area contributed by atoms with Crippen molar-refractivity contribution in [1.29, 1.82) is 0 Å². The average Bonchev–Trinajstić information content (AvgIpc) is 3.59. The third-order valence-electron chi connectivity index (χ3n) is 6.69. The second-order valence-corrected chi connectivity index (χ2v) is 14.6. The van der Waals surface area contributed by atoms with E-state index in [4.69, 9.17) is 15.2 Å². The third-order valence-corrected chi connectivity index (χ3v) is 9.80. The number of fused-ring (bicyclic) bond motifs is 1. The number of nitrogens with one attached hydrogen (secondary N) is 1. The molecular formula is C27H41Cl2N9O6S3. The monoisotopic (exact) mass is 753 g/mol. The van der Waals surface area contributed by atoms with Crippen molar-refractivity contribution in [3.8, 4) is 0 Å². The molecule has 3 atom stereocenters. The number of hydrogen-bond donors (Lipinski definition) is 2. The van der Waals surface area contributed by atoms with Gasteiger partial charge in [0.2, 0.25) is 17.4 Å². The number of esters is 2. The number of nitrogen functional groups attached to an aromatic ring is 1. The number of carbonyl (C=O) groups excluding carboxylic acids is 4. The number of amides is 2. The maximum atomic E-state index is 13.8. The van der Waals surface area contributed by atoms with Gasteiger partial charge in [-0.15, -0.1) is 53.0 Å². The molecule has 262 valence electrons. The molecule has 0 radical (unpaired) electrons. The molecule has 47 heavy (non-hydrogen) atoms. The van der Waals surface area contributed by atoms with E-state index in [0.29, 0.717) is 39.6 Å². The fraction of sp³-hybridized carbons (Fsp3) is 0.630. The summed E-state index contributed by atoms with van der Waals surface area (Å²) in [6.07, 6.45) is -0.998. The van der Waals surface area contributed by atoms with Crippen LogP contribution in [0.3, 0.4) is 0 Å². The third kappa shape index (κ3) is 10.7. The van der Waals surface area contributed by atoms with Crippen molar-refractivity contribution in [2.45, 2.75) is 69.9 Å². The first-order chi connectivity index (χ1) is 21.3. The van der Waals surface area contributed by atoms with E-state index in [1.807, 2.05) is 32.8 Å². The first-order valence-electron chi connectivity index (χ1n) is 14.4. The number of ether oxygens (including phenoxy) is 2. The van der Waals surface area contributed by atoms with Crippen molar-refractivity contribution in [1.82, 2.24) is 40.3 Å². The molecule has 2 aliphatic heterocycles. The summed E-state index contributed by atoms with van der Waals surface area (Å²) >= 11 is 4.00. The van der Waals surface area contributed by atoms with Gasteiger partial charge in [0.15, 0.2) is 5.13 Å². The number of likely N-dealkylation sites (N-methyl/N-ethyl adjacent to an activating group) is 1. The topological polar surface area (TPSA) is 188 Å². The molecule has 0 saturated carbocycles. The number of halogens is 2. The van der Waals surface area contributed by atoms with E-state index in [1.54, 1.807) is 23.9 Å². The molecule has 1 unspecified atom stereocenters. The molecule has 4 heterocycles. The van der Waals surface area contributed by atoms with Crippen LogP contribution in [-0.2, 0) is 41.6 Å². The standard InChI is InChI=1S/C27H39N9O6S3.2ClH/c1-14(2)9-19(38)41-25(15(3)4)42-24(40)21-16(12-45-27-31-32-33-35(27)8-7-34(5)6)11-43-23-20(22(39)36(21)23)30-18(37)10-17-13-44-26(28)29-17;;/h13-15,20,23,25H,7-12H2,1-6H3,(H2,28,29)(H,30,37);2*1H/t20-,23-,25?;;/m1../s1. The van der Waals surface area contributed by atoms with Gasteiger partial charge in [-0.2, -0.15) is 0 Å². The van der Waals surface area contributed by atoms with Gasteiger partial charge in [-0.25, -0.2) is 14.5 Å². The number of nitrogens with zero attached hydrogens (tertiary/aromatic N) is 7. The van der Waals surface area contributed by atoms with Gasteiger partial charge in [-0.05, 0) is 36.0 Å². The molecule has 4 rings (SSSR count). The Morgan fingerprint density at radius 1 is 1.19 bits per heavy atom. The molecule has 3 N–H and O–H groups in total. The molecule has 2 aromatic heterocycles. The predicted molar refractivity (Wildman–Crippen MR) is 184 cm³/mol. The molecule has 2 aliphatic rings. The smallest absolute Gasteiger partial charge is 0.358 e. The highest BCUT2D eigenvalue weighted by atomic mass is 35.5. The zero-order chi connectivity index (χ0) is 32.8. The lowest BCUT2D eigenvalue weighted by atomic mass is 10.0. The second-order valence-electron chi connectivity index (χ2n) is 11.6. The number of β-lactam (4-membered cyclic amide) rings is 1. The number of thioether (sulfide) groups is 2. The van der Waals surface area contributed by atoms with Crippen molar-refractivity contribution >= 4 is 88.6 Å². The second kappa shape index (κ2) is 18.2. The number of hydrogen-bond acceptors (Lipinski definition) is 15. The van der Waals surface area contributed by atoms with Gasteiger partial charge in [0, 0.05) is 35.8 Å². The lowest BCUT2D eigenvalue weighted by Crippen LogP contribution is -2.70. The molecule has 0 aliphatic carbocycles. The molecule has 2 amide bonds. The first-order valence-corrected chi connectivity index (χ1v) is 17.4. The molecule has 15 nitrogen and oxygen atoms in total. The van der Waals surface area contributed by atoms with Gasteiger partial charge in [0.05, 0.1) is 18.7 Å². The molecule has 0 bridgehead atoms. The van der Waals surface area contributed by atoms with Crippen molar-refractivity contribution < 1.29 is 28.7 Å². The maximum Gasteiger partial charge on any atom is 0.358 e. The lowest BCUT2D eigenvalue weighted by molar-refractivity contribution is -0.195.